The van der Waals surface area contributed by atoms with Crippen molar-refractivity contribution in [1.29, 1.82) is 0 Å². The Kier molecular flexibility index (Phi) is 6.71. The Balaban J connectivity index is 0.00000360. The van der Waals surface area contributed by atoms with Crippen molar-refractivity contribution in [3.05, 3.63) is 114 Å². The summed E-state index contributed by atoms with van der Waals surface area (Å²) in [5.41, 5.74) is 7.88. The molecule has 0 saturated carbocycles. The molecule has 0 spiro atoms. The maximum Gasteiger partial charge on any atom is 0.243 e. The van der Waals surface area contributed by atoms with Gasteiger partial charge in [0, 0.05) is 43.3 Å². The number of hydrogen-bond donors (Lipinski definition) is 1. The fraction of sp³-hybridized carbons (Fsp3) is 0.233. The van der Waals surface area contributed by atoms with Gasteiger partial charge in [0.2, 0.25) is 17.5 Å². The normalized spacial score (nSPS) is 15.1. The minimum atomic E-state index is -0.417. The van der Waals surface area contributed by atoms with E-state index in [4.69, 9.17) is 19.7 Å². The Labute approximate surface area is 315 Å². The van der Waals surface area contributed by atoms with E-state index < -0.39 is 5.41 Å². The molecule has 6 heterocycles. The van der Waals surface area contributed by atoms with Crippen molar-refractivity contribution < 1.29 is 30.9 Å². The molecule has 1 aliphatic heterocycles. The van der Waals surface area contributed by atoms with E-state index in [2.05, 4.69) is 110 Å². The number of benzene rings is 4. The predicted octanol–water partition coefficient (Wildman–Crippen LogP) is 9.94. The second-order valence-corrected chi connectivity index (χ2v) is 16.0. The number of phenolic OH excluding ortho intramolecular Hbond substituents is 1. The molecule has 1 aliphatic rings. The molecule has 0 radical (unpaired) electrons. The van der Waals surface area contributed by atoms with E-state index in [1.807, 2.05) is 42.5 Å². The molecular weight excluding hydrogens is 828 g/mol. The minimum absolute atomic E-state index is 0. The topological polar surface area (TPSA) is 81.9 Å². The van der Waals surface area contributed by atoms with Crippen LogP contribution >= 0.6 is 0 Å². The van der Waals surface area contributed by atoms with Crippen molar-refractivity contribution in [3.8, 4) is 23.3 Å². The average molecular weight is 865 g/mol. The van der Waals surface area contributed by atoms with Gasteiger partial charge in [-0.3, -0.25) is 8.97 Å². The van der Waals surface area contributed by atoms with E-state index >= 15 is 0 Å². The number of pyridine rings is 2. The van der Waals surface area contributed by atoms with Crippen LogP contribution in [-0.2, 0) is 37.3 Å². The Morgan fingerprint density at radius 1 is 0.769 bits per heavy atom. The van der Waals surface area contributed by atoms with Gasteiger partial charge in [0.05, 0.1) is 27.6 Å². The summed E-state index contributed by atoms with van der Waals surface area (Å²) in [4.78, 5) is 15.5. The number of phenols is 1. The number of aromatic nitrogens is 6. The summed E-state index contributed by atoms with van der Waals surface area (Å²) in [7, 11) is 0. The van der Waals surface area contributed by atoms with Crippen LogP contribution in [0.25, 0.3) is 61.0 Å². The third-order valence-electron chi connectivity index (χ3n) is 11.6. The molecule has 1 N–H and O–H groups in total. The second-order valence-electron chi connectivity index (χ2n) is 16.0. The van der Waals surface area contributed by atoms with E-state index in [9.17, 15) is 5.11 Å². The molecule has 0 atom stereocenters. The number of nitrogens with zero attached hydrogens (tertiary/aromatic N) is 6. The third-order valence-corrected chi connectivity index (χ3v) is 11.6. The summed E-state index contributed by atoms with van der Waals surface area (Å²) in [6.07, 6.45) is 0. The van der Waals surface area contributed by atoms with E-state index in [1.165, 1.54) is 5.56 Å². The zero-order chi connectivity index (χ0) is 35.2. The fourth-order valence-electron chi connectivity index (χ4n) is 8.23. The van der Waals surface area contributed by atoms with E-state index in [0.717, 1.165) is 55.4 Å². The van der Waals surface area contributed by atoms with Crippen LogP contribution in [0.5, 0.6) is 17.5 Å². The van der Waals surface area contributed by atoms with Crippen LogP contribution < -0.4 is 4.74 Å². The quantitative estimate of drug-likeness (QED) is 0.141. The largest absolute Gasteiger partial charge is 0.507 e. The molecule has 9 aromatic rings. The van der Waals surface area contributed by atoms with Gasteiger partial charge in [-0.1, -0.05) is 90.9 Å². The summed E-state index contributed by atoms with van der Waals surface area (Å²) in [5.74, 6) is 2.53. The van der Waals surface area contributed by atoms with Gasteiger partial charge >= 0.3 is 0 Å². The summed E-state index contributed by atoms with van der Waals surface area (Å²) >= 11 is 0. The maximum atomic E-state index is 11.3. The van der Waals surface area contributed by atoms with Gasteiger partial charge in [-0.05, 0) is 57.2 Å². The average Bonchev–Trinajstić information content (AvgIpc) is 3.76. The first-order valence-corrected chi connectivity index (χ1v) is 17.5. The van der Waals surface area contributed by atoms with Gasteiger partial charge in [0.1, 0.15) is 11.6 Å². The molecule has 0 saturated heterocycles. The van der Waals surface area contributed by atoms with Crippen molar-refractivity contribution in [2.24, 2.45) is 0 Å². The summed E-state index contributed by atoms with van der Waals surface area (Å²) in [6, 6.07) is 34.0. The van der Waals surface area contributed by atoms with Gasteiger partial charge < -0.3 is 14.2 Å². The van der Waals surface area contributed by atoms with Crippen LogP contribution in [0.1, 0.15) is 65.3 Å². The Bertz CT molecular complexity index is 2960. The SMILES string of the molecule is CC(C)(C)c1cc(Oc2nc3c4c(O)cccc4c4cccc5c4n3c2C(C)(C)C5(C)C)nc(-n2c3[c-]cccc3n3c4ccccc4nc23)c1.[Pt]. The number of rotatable bonds is 3. The van der Waals surface area contributed by atoms with Crippen molar-refractivity contribution >= 4 is 55.2 Å². The van der Waals surface area contributed by atoms with Crippen molar-refractivity contribution in [1.82, 2.24) is 28.3 Å². The molecule has 5 aromatic heterocycles. The molecule has 0 aliphatic carbocycles. The molecule has 4 aromatic carbocycles. The Hall–Kier alpha value is -5.20. The summed E-state index contributed by atoms with van der Waals surface area (Å²) in [6.45, 7) is 15.7. The van der Waals surface area contributed by atoms with Gasteiger partial charge in [-0.15, -0.1) is 6.07 Å². The zero-order valence-corrected chi connectivity index (χ0v) is 32.3. The molecule has 8 nitrogen and oxygen atoms in total. The standard InChI is InChI=1S/C43H37N6O2.Pt/c1-41(2,3)24-22-33(48-31-20-11-10-19-30(31)47-29-18-9-8-17-28(29)44-40(47)48)45-34(23-24)51-39-37-43(6,7)42(4,5)27-16-12-15-26-25-14-13-21-32(50)35(25)38(46-39)49(37)36(26)27;/h8-19,21-23,50H,1-7H3;/q-1;. The molecule has 10 rings (SSSR count). The first-order chi connectivity index (χ1) is 24.4. The van der Waals surface area contributed by atoms with Crippen LogP contribution in [0.2, 0.25) is 0 Å². The molecule has 0 unspecified atom stereocenters. The van der Waals surface area contributed by atoms with Gasteiger partial charge in [-0.2, -0.15) is 28.2 Å². The number of hydrogen-bond acceptors (Lipinski definition) is 5. The fourth-order valence-corrected chi connectivity index (χ4v) is 8.23. The Morgan fingerprint density at radius 3 is 2.33 bits per heavy atom. The second kappa shape index (κ2) is 10.7. The molecule has 262 valence electrons. The van der Waals surface area contributed by atoms with E-state index in [1.54, 1.807) is 6.07 Å². The van der Waals surface area contributed by atoms with Crippen molar-refractivity contribution in [3.63, 3.8) is 0 Å². The van der Waals surface area contributed by atoms with Crippen LogP contribution in [0.15, 0.2) is 91.0 Å². The zero-order valence-electron chi connectivity index (χ0n) is 30.0. The number of imidazole rings is 3. The third kappa shape index (κ3) is 4.16. The molecule has 0 bridgehead atoms. The first kappa shape index (κ1) is 32.7. The number of ether oxygens (including phenoxy) is 1. The molecule has 52 heavy (non-hydrogen) atoms. The molecule has 0 amide bonds. The van der Waals surface area contributed by atoms with Gasteiger partial charge in [-0.25, -0.2) is 4.98 Å². The molecular formula is C43H37N6O2Pt-. The molecule has 9 heteroatoms. The van der Waals surface area contributed by atoms with E-state index in [0.29, 0.717) is 28.6 Å². The Morgan fingerprint density at radius 2 is 1.52 bits per heavy atom. The minimum Gasteiger partial charge on any atom is -0.507 e. The van der Waals surface area contributed by atoms with Crippen molar-refractivity contribution in [2.45, 2.75) is 64.7 Å². The first-order valence-electron chi connectivity index (χ1n) is 17.5. The van der Waals surface area contributed by atoms with Crippen LogP contribution in [0.4, 0.5) is 0 Å². The van der Waals surface area contributed by atoms with Gasteiger partial charge in [0.25, 0.3) is 0 Å². The van der Waals surface area contributed by atoms with Gasteiger partial charge in [0.15, 0.2) is 5.65 Å². The van der Waals surface area contributed by atoms with Crippen molar-refractivity contribution in [2.75, 3.05) is 0 Å². The smallest absolute Gasteiger partial charge is 0.243 e. The van der Waals surface area contributed by atoms with Crippen LogP contribution in [0, 0.1) is 6.07 Å². The monoisotopic (exact) mass is 864 g/mol. The van der Waals surface area contributed by atoms with Crippen LogP contribution in [-0.4, -0.2) is 33.4 Å². The number of fused-ring (bicyclic) bond motifs is 8. The number of para-hydroxylation sites is 4. The van der Waals surface area contributed by atoms with E-state index in [-0.39, 0.29) is 37.6 Å². The molecule has 0 fully saturated rings. The number of aromatic hydroxyl groups is 1. The predicted molar refractivity (Wildman–Crippen MR) is 203 cm³/mol. The summed E-state index contributed by atoms with van der Waals surface area (Å²) in [5, 5.41) is 14.0. The van der Waals surface area contributed by atoms with Crippen LogP contribution in [0.3, 0.4) is 0 Å². The summed E-state index contributed by atoms with van der Waals surface area (Å²) < 4.78 is 13.4. The maximum absolute atomic E-state index is 11.3.